The molecular weight excluding hydrogens is 461 g/mol. The first-order valence-electron chi connectivity index (χ1n) is 10.8. The van der Waals surface area contributed by atoms with E-state index in [0.717, 1.165) is 17.9 Å². The van der Waals surface area contributed by atoms with Crippen LogP contribution in [0.25, 0.3) is 43.6 Å². The molecule has 1 unspecified atom stereocenters. The number of methoxy groups -OCH3 is 1. The van der Waals surface area contributed by atoms with Gasteiger partial charge in [-0.25, -0.2) is 0 Å². The number of rotatable bonds is 3. The third-order valence-electron chi connectivity index (χ3n) is 6.39. The molecule has 176 valence electrons. The van der Waals surface area contributed by atoms with Gasteiger partial charge in [0.05, 0.1) is 24.9 Å². The number of carbonyl (C=O) groups is 1. The zero-order chi connectivity index (χ0) is 24.4. The summed E-state index contributed by atoms with van der Waals surface area (Å²) in [6.45, 7) is -0.0903. The van der Waals surface area contributed by atoms with Gasteiger partial charge in [-0.15, -0.1) is 0 Å². The Kier molecular flexibility index (Phi) is 4.54. The average molecular weight is 478 g/mol. The topological polar surface area (TPSA) is 73.9 Å². The van der Waals surface area contributed by atoms with Crippen molar-refractivity contribution in [2.24, 2.45) is 4.99 Å². The van der Waals surface area contributed by atoms with Gasteiger partial charge in [-0.3, -0.25) is 14.8 Å². The molecule has 1 aliphatic heterocycles. The Morgan fingerprint density at radius 2 is 1.66 bits per heavy atom. The second-order valence-corrected chi connectivity index (χ2v) is 8.22. The van der Waals surface area contributed by atoms with E-state index in [2.05, 4.69) is 9.98 Å². The number of benzene rings is 3. The molecule has 3 aromatic carbocycles. The minimum Gasteiger partial charge on any atom is -0.478 e. The van der Waals surface area contributed by atoms with Crippen LogP contribution in [0, 0.1) is 0 Å². The first-order chi connectivity index (χ1) is 16.9. The number of aromatic nitrogens is 1. The van der Waals surface area contributed by atoms with Crippen molar-refractivity contribution in [2.75, 3.05) is 20.3 Å². The maximum Gasteiger partial charge on any atom is 0.419 e. The number of fused-ring (bicyclic) bond motifs is 7. The van der Waals surface area contributed by atoms with Crippen molar-refractivity contribution in [3.05, 3.63) is 66.4 Å². The van der Waals surface area contributed by atoms with Gasteiger partial charge in [-0.2, -0.15) is 13.2 Å². The summed E-state index contributed by atoms with van der Waals surface area (Å²) < 4.78 is 61.3. The summed E-state index contributed by atoms with van der Waals surface area (Å²) in [5.41, 5.74) is -2.65. The van der Waals surface area contributed by atoms with Crippen LogP contribution in [0.2, 0.25) is 0 Å². The number of nitrogens with zero attached hydrogens (tertiary/aromatic N) is 2. The van der Waals surface area contributed by atoms with E-state index >= 15 is 13.2 Å². The standard InChI is InChI=1S/C26H17F3N2O4/c1-33-24(32)25(26(27,28)29,23-30-12-13-34-23)22-17-11-10-15-14-6-3-5-9-19(14)35-21(15)20(17)16-7-2-4-8-18(16)31-22/h2-11H,12-13H2,1H3. The molecule has 0 bridgehead atoms. The highest BCUT2D eigenvalue weighted by molar-refractivity contribution is 6.24. The summed E-state index contributed by atoms with van der Waals surface area (Å²) in [4.78, 5) is 21.4. The molecular formula is C26H17F3N2O4. The number of carbonyl (C=O) groups excluding carboxylic acids is 1. The molecule has 0 aliphatic carbocycles. The fraction of sp³-hybridized carbons (Fsp3) is 0.192. The van der Waals surface area contributed by atoms with Gasteiger partial charge in [0.2, 0.25) is 5.90 Å². The summed E-state index contributed by atoms with van der Waals surface area (Å²) in [5.74, 6) is -2.34. The fourth-order valence-electron chi connectivity index (χ4n) is 4.87. The zero-order valence-electron chi connectivity index (χ0n) is 18.3. The Morgan fingerprint density at radius 3 is 2.37 bits per heavy atom. The number of aliphatic imine (C=N–C) groups is 1. The van der Waals surface area contributed by atoms with Crippen LogP contribution in [0.5, 0.6) is 0 Å². The van der Waals surface area contributed by atoms with Crippen LogP contribution in [0.3, 0.4) is 0 Å². The van der Waals surface area contributed by atoms with Crippen LogP contribution in [0.4, 0.5) is 13.2 Å². The maximum atomic E-state index is 15.0. The Balaban J connectivity index is 1.86. The number of para-hydroxylation sites is 2. The lowest BCUT2D eigenvalue weighted by Gasteiger charge is -2.32. The quantitative estimate of drug-likeness (QED) is 0.246. The van der Waals surface area contributed by atoms with Gasteiger partial charge in [-0.05, 0) is 18.2 Å². The van der Waals surface area contributed by atoms with Crippen molar-refractivity contribution >= 4 is 55.5 Å². The molecule has 0 saturated carbocycles. The largest absolute Gasteiger partial charge is 0.478 e. The van der Waals surface area contributed by atoms with Crippen LogP contribution in [0.15, 0.2) is 70.1 Å². The molecule has 0 amide bonds. The summed E-state index contributed by atoms with van der Waals surface area (Å²) in [6, 6.07) is 17.4. The van der Waals surface area contributed by atoms with Crippen LogP contribution >= 0.6 is 0 Å². The zero-order valence-corrected chi connectivity index (χ0v) is 18.3. The number of hydrogen-bond acceptors (Lipinski definition) is 6. The predicted octanol–water partition coefficient (Wildman–Crippen LogP) is 5.69. The third kappa shape index (κ3) is 2.81. The highest BCUT2D eigenvalue weighted by atomic mass is 19.4. The van der Waals surface area contributed by atoms with Crippen LogP contribution in [-0.4, -0.2) is 43.3 Å². The minimum atomic E-state index is -5.16. The smallest absolute Gasteiger partial charge is 0.419 e. The summed E-state index contributed by atoms with van der Waals surface area (Å²) in [7, 11) is 0.902. The van der Waals surface area contributed by atoms with E-state index in [9.17, 15) is 4.79 Å². The maximum absolute atomic E-state index is 15.0. The Bertz CT molecular complexity index is 1690. The lowest BCUT2D eigenvalue weighted by molar-refractivity contribution is -0.195. The van der Waals surface area contributed by atoms with E-state index in [0.29, 0.717) is 21.9 Å². The van der Waals surface area contributed by atoms with Crippen LogP contribution < -0.4 is 0 Å². The monoisotopic (exact) mass is 478 g/mol. The van der Waals surface area contributed by atoms with E-state index in [1.54, 1.807) is 36.4 Å². The van der Waals surface area contributed by atoms with E-state index in [1.165, 1.54) is 6.07 Å². The Morgan fingerprint density at radius 1 is 0.943 bits per heavy atom. The highest BCUT2D eigenvalue weighted by Crippen LogP contribution is 2.48. The number of furan rings is 1. The van der Waals surface area contributed by atoms with Crippen LogP contribution in [0.1, 0.15) is 5.69 Å². The van der Waals surface area contributed by atoms with Gasteiger partial charge >= 0.3 is 12.1 Å². The summed E-state index contributed by atoms with van der Waals surface area (Å²) in [5, 5.41) is 2.66. The lowest BCUT2D eigenvalue weighted by atomic mass is 9.79. The molecule has 3 heterocycles. The van der Waals surface area contributed by atoms with Crippen molar-refractivity contribution in [1.82, 2.24) is 4.98 Å². The summed E-state index contributed by atoms with van der Waals surface area (Å²) >= 11 is 0. The van der Waals surface area contributed by atoms with Crippen molar-refractivity contribution in [3.63, 3.8) is 0 Å². The van der Waals surface area contributed by atoms with Gasteiger partial charge in [0.25, 0.3) is 5.41 Å². The third-order valence-corrected chi connectivity index (χ3v) is 6.39. The van der Waals surface area contributed by atoms with E-state index in [4.69, 9.17) is 13.9 Å². The molecule has 6 nitrogen and oxygen atoms in total. The molecule has 2 aromatic heterocycles. The molecule has 6 rings (SSSR count). The Hall–Kier alpha value is -4.14. The van der Waals surface area contributed by atoms with Gasteiger partial charge in [-0.1, -0.05) is 42.5 Å². The molecule has 1 aliphatic rings. The number of halogens is 3. The second-order valence-electron chi connectivity index (χ2n) is 8.22. The summed E-state index contributed by atoms with van der Waals surface area (Å²) in [6.07, 6.45) is -5.16. The number of ether oxygens (including phenoxy) is 2. The molecule has 0 radical (unpaired) electrons. The molecule has 0 N–H and O–H groups in total. The number of alkyl halides is 3. The van der Waals surface area contributed by atoms with E-state index in [-0.39, 0.29) is 24.1 Å². The first-order valence-corrected chi connectivity index (χ1v) is 10.8. The SMILES string of the molecule is COC(=O)C(C1=NCCO1)(c1nc2ccccc2c2c1ccc1c3ccccc3oc12)C(F)(F)F. The van der Waals surface area contributed by atoms with Crippen molar-refractivity contribution in [1.29, 1.82) is 0 Å². The van der Waals surface area contributed by atoms with E-state index in [1.807, 2.05) is 18.2 Å². The highest BCUT2D eigenvalue weighted by Gasteiger charge is 2.70. The van der Waals surface area contributed by atoms with Crippen LogP contribution in [-0.2, 0) is 19.7 Å². The molecule has 35 heavy (non-hydrogen) atoms. The average Bonchev–Trinajstić information content (AvgIpc) is 3.51. The molecule has 9 heteroatoms. The van der Waals surface area contributed by atoms with E-state index < -0.39 is 29.2 Å². The van der Waals surface area contributed by atoms with Gasteiger partial charge < -0.3 is 13.9 Å². The second kappa shape index (κ2) is 7.43. The lowest BCUT2D eigenvalue weighted by Crippen LogP contribution is -2.56. The van der Waals surface area contributed by atoms with Crippen molar-refractivity contribution in [2.45, 2.75) is 11.6 Å². The normalized spacial score (nSPS) is 15.9. The first kappa shape index (κ1) is 21.4. The van der Waals surface area contributed by atoms with Crippen molar-refractivity contribution in [3.8, 4) is 0 Å². The van der Waals surface area contributed by atoms with Gasteiger partial charge in [0.15, 0.2) is 0 Å². The van der Waals surface area contributed by atoms with Crippen molar-refractivity contribution < 1.29 is 31.9 Å². The minimum absolute atomic E-state index is 0.0104. The number of pyridine rings is 1. The number of esters is 1. The molecule has 1 atom stereocenters. The molecule has 5 aromatic rings. The molecule has 0 spiro atoms. The predicted molar refractivity (Wildman–Crippen MR) is 125 cm³/mol. The number of hydrogen-bond donors (Lipinski definition) is 0. The Labute approximate surface area is 196 Å². The van der Waals surface area contributed by atoms with Gasteiger partial charge in [0, 0.05) is 26.9 Å². The fourth-order valence-corrected chi connectivity index (χ4v) is 4.87. The molecule has 0 fully saturated rings. The van der Waals surface area contributed by atoms with Gasteiger partial charge in [0.1, 0.15) is 17.8 Å². The molecule has 0 saturated heterocycles.